The van der Waals surface area contributed by atoms with Crippen LogP contribution in [0.2, 0.25) is 0 Å². The number of amides is 1. The fourth-order valence-electron chi connectivity index (χ4n) is 3.59. The number of piperidine rings is 1. The summed E-state index contributed by atoms with van der Waals surface area (Å²) in [7, 11) is 0. The van der Waals surface area contributed by atoms with Gasteiger partial charge in [-0.25, -0.2) is 0 Å². The molecule has 2 heterocycles. The lowest BCUT2D eigenvalue weighted by Crippen LogP contribution is -2.43. The molecule has 0 radical (unpaired) electrons. The molecular weight excluding hydrogens is 300 g/mol. The predicted octanol–water partition coefficient (Wildman–Crippen LogP) is 3.88. The maximum absolute atomic E-state index is 12.8. The Morgan fingerprint density at radius 3 is 2.67 bits per heavy atom. The molecule has 1 aliphatic rings. The molecule has 4 heteroatoms. The predicted molar refractivity (Wildman–Crippen MR) is 96.1 cm³/mol. The normalized spacial score (nSPS) is 18.3. The van der Waals surface area contributed by atoms with Crippen LogP contribution in [0.5, 0.6) is 0 Å². The first-order valence-electron chi connectivity index (χ1n) is 8.90. The van der Waals surface area contributed by atoms with Gasteiger partial charge in [-0.2, -0.15) is 0 Å². The molecule has 3 rings (SSSR count). The largest absolute Gasteiger partial charge is 0.338 e. The third-order valence-corrected chi connectivity index (χ3v) is 5.01. The van der Waals surface area contributed by atoms with Crippen LogP contribution in [-0.2, 0) is 11.3 Å². The molecule has 128 valence electrons. The number of rotatable bonds is 4. The lowest BCUT2D eigenvalue weighted by Gasteiger charge is -2.33. The molecule has 1 aromatic heterocycles. The zero-order chi connectivity index (χ0) is 17.3. The standard InChI is InChI=1S/C20H26N2O2/c1-14(2)20(24)17-12-21(18-10-5-4-9-16(17)18)13-19(23)22-11-7-6-8-15(22)3/h4-5,9-10,12,14-15H,6-8,11,13H2,1-3H3. The van der Waals surface area contributed by atoms with Gasteiger partial charge >= 0.3 is 0 Å². The van der Waals surface area contributed by atoms with Crippen molar-refractivity contribution in [2.24, 2.45) is 5.92 Å². The van der Waals surface area contributed by atoms with E-state index in [-0.39, 0.29) is 17.6 Å². The fourth-order valence-corrected chi connectivity index (χ4v) is 3.59. The molecule has 1 amide bonds. The Morgan fingerprint density at radius 1 is 1.21 bits per heavy atom. The Hall–Kier alpha value is -2.10. The SMILES string of the molecule is CC(C)C(=O)c1cn(CC(=O)N2CCCCC2C)c2ccccc12. The zero-order valence-corrected chi connectivity index (χ0v) is 14.8. The number of benzene rings is 1. The number of ketones is 1. The van der Waals surface area contributed by atoms with Crippen molar-refractivity contribution < 1.29 is 9.59 Å². The Bertz CT molecular complexity index is 760. The van der Waals surface area contributed by atoms with Crippen LogP contribution in [0.3, 0.4) is 0 Å². The zero-order valence-electron chi connectivity index (χ0n) is 14.8. The third kappa shape index (κ3) is 3.10. The van der Waals surface area contributed by atoms with E-state index in [9.17, 15) is 9.59 Å². The molecule has 4 nitrogen and oxygen atoms in total. The van der Waals surface area contributed by atoms with Crippen molar-refractivity contribution in [3.8, 4) is 0 Å². The highest BCUT2D eigenvalue weighted by Gasteiger charge is 2.24. The lowest BCUT2D eigenvalue weighted by atomic mass is 10.0. The van der Waals surface area contributed by atoms with Crippen LogP contribution in [0.15, 0.2) is 30.5 Å². The molecule has 0 N–H and O–H groups in total. The Balaban J connectivity index is 1.92. The summed E-state index contributed by atoms with van der Waals surface area (Å²) in [5, 5.41) is 0.940. The van der Waals surface area contributed by atoms with Gasteiger partial charge in [0, 0.05) is 41.2 Å². The van der Waals surface area contributed by atoms with Crippen molar-refractivity contribution in [2.45, 2.75) is 52.6 Å². The van der Waals surface area contributed by atoms with E-state index in [1.54, 1.807) is 0 Å². The molecule has 0 aliphatic carbocycles. The number of likely N-dealkylation sites (tertiary alicyclic amines) is 1. The Labute approximate surface area is 143 Å². The molecule has 1 saturated heterocycles. The molecule has 2 aromatic rings. The number of carbonyl (C=O) groups is 2. The molecule has 1 aliphatic heterocycles. The second kappa shape index (κ2) is 6.80. The second-order valence-electron chi connectivity index (χ2n) is 7.14. The number of hydrogen-bond donors (Lipinski definition) is 0. The number of para-hydroxylation sites is 1. The average molecular weight is 326 g/mol. The summed E-state index contributed by atoms with van der Waals surface area (Å²) >= 11 is 0. The quantitative estimate of drug-likeness (QED) is 0.800. The first-order valence-corrected chi connectivity index (χ1v) is 8.90. The van der Waals surface area contributed by atoms with Gasteiger partial charge in [0.25, 0.3) is 0 Å². The van der Waals surface area contributed by atoms with Crippen molar-refractivity contribution in [3.63, 3.8) is 0 Å². The van der Waals surface area contributed by atoms with Gasteiger partial charge in [0.1, 0.15) is 6.54 Å². The number of nitrogens with zero attached hydrogens (tertiary/aromatic N) is 2. The van der Waals surface area contributed by atoms with Crippen LogP contribution >= 0.6 is 0 Å². The van der Waals surface area contributed by atoms with E-state index in [0.29, 0.717) is 12.6 Å². The second-order valence-corrected chi connectivity index (χ2v) is 7.14. The molecule has 1 atom stereocenters. The monoisotopic (exact) mass is 326 g/mol. The molecule has 1 aromatic carbocycles. The van der Waals surface area contributed by atoms with E-state index in [1.807, 2.05) is 53.8 Å². The van der Waals surface area contributed by atoms with E-state index in [1.165, 1.54) is 6.42 Å². The molecule has 0 spiro atoms. The smallest absolute Gasteiger partial charge is 0.242 e. The van der Waals surface area contributed by atoms with Gasteiger partial charge in [-0.3, -0.25) is 9.59 Å². The molecule has 24 heavy (non-hydrogen) atoms. The Morgan fingerprint density at radius 2 is 1.96 bits per heavy atom. The molecule has 1 unspecified atom stereocenters. The highest BCUT2D eigenvalue weighted by atomic mass is 16.2. The average Bonchev–Trinajstić information content (AvgIpc) is 2.93. The first kappa shape index (κ1) is 16.7. The van der Waals surface area contributed by atoms with Gasteiger partial charge in [-0.15, -0.1) is 0 Å². The van der Waals surface area contributed by atoms with Crippen LogP contribution < -0.4 is 0 Å². The summed E-state index contributed by atoms with van der Waals surface area (Å²) in [6, 6.07) is 8.16. The Kier molecular flexibility index (Phi) is 4.74. The lowest BCUT2D eigenvalue weighted by molar-refractivity contribution is -0.135. The van der Waals surface area contributed by atoms with Gasteiger partial charge in [0.05, 0.1) is 0 Å². The minimum absolute atomic E-state index is 0.0536. The van der Waals surface area contributed by atoms with Gasteiger partial charge in [-0.05, 0) is 32.3 Å². The molecule has 0 saturated carbocycles. The van der Waals surface area contributed by atoms with Crippen molar-refractivity contribution in [1.82, 2.24) is 9.47 Å². The number of Topliss-reactive ketones (excluding diaryl/α,β-unsaturated/α-hetero) is 1. The molecule has 1 fully saturated rings. The summed E-state index contributed by atoms with van der Waals surface area (Å²) in [5.74, 6) is 0.220. The van der Waals surface area contributed by atoms with Crippen molar-refractivity contribution in [1.29, 1.82) is 0 Å². The first-order chi connectivity index (χ1) is 11.5. The van der Waals surface area contributed by atoms with Crippen LogP contribution in [-0.4, -0.2) is 33.7 Å². The van der Waals surface area contributed by atoms with Crippen LogP contribution in [0.1, 0.15) is 50.4 Å². The van der Waals surface area contributed by atoms with Gasteiger partial charge in [-0.1, -0.05) is 32.0 Å². The topological polar surface area (TPSA) is 42.3 Å². The maximum atomic E-state index is 12.8. The van der Waals surface area contributed by atoms with Gasteiger partial charge in [0.15, 0.2) is 5.78 Å². The number of hydrogen-bond acceptors (Lipinski definition) is 2. The highest BCUT2D eigenvalue weighted by molar-refractivity contribution is 6.09. The highest BCUT2D eigenvalue weighted by Crippen LogP contribution is 2.25. The van der Waals surface area contributed by atoms with Gasteiger partial charge < -0.3 is 9.47 Å². The summed E-state index contributed by atoms with van der Waals surface area (Å²) < 4.78 is 1.94. The van der Waals surface area contributed by atoms with E-state index < -0.39 is 0 Å². The fraction of sp³-hybridized carbons (Fsp3) is 0.500. The van der Waals surface area contributed by atoms with E-state index in [0.717, 1.165) is 35.9 Å². The molecule has 0 bridgehead atoms. The van der Waals surface area contributed by atoms with Crippen molar-refractivity contribution in [2.75, 3.05) is 6.54 Å². The van der Waals surface area contributed by atoms with E-state index in [2.05, 4.69) is 6.92 Å². The van der Waals surface area contributed by atoms with Crippen molar-refractivity contribution >= 4 is 22.6 Å². The van der Waals surface area contributed by atoms with E-state index in [4.69, 9.17) is 0 Å². The van der Waals surface area contributed by atoms with Gasteiger partial charge in [0.2, 0.25) is 5.91 Å². The number of aromatic nitrogens is 1. The molecular formula is C20H26N2O2. The van der Waals surface area contributed by atoms with Crippen LogP contribution in [0.4, 0.5) is 0 Å². The minimum atomic E-state index is -0.0536. The van der Waals surface area contributed by atoms with Crippen molar-refractivity contribution in [3.05, 3.63) is 36.0 Å². The maximum Gasteiger partial charge on any atom is 0.242 e. The summed E-state index contributed by atoms with van der Waals surface area (Å²) in [6.07, 6.45) is 5.22. The van der Waals surface area contributed by atoms with E-state index >= 15 is 0 Å². The third-order valence-electron chi connectivity index (χ3n) is 5.01. The summed E-state index contributed by atoms with van der Waals surface area (Å²) in [5.41, 5.74) is 1.68. The van der Waals surface area contributed by atoms with Crippen LogP contribution in [0.25, 0.3) is 10.9 Å². The number of fused-ring (bicyclic) bond motifs is 1. The summed E-state index contributed by atoms with van der Waals surface area (Å²) in [4.78, 5) is 27.2. The number of carbonyl (C=O) groups excluding carboxylic acids is 2. The van der Waals surface area contributed by atoms with Crippen LogP contribution in [0, 0.1) is 5.92 Å². The minimum Gasteiger partial charge on any atom is -0.338 e. The summed E-state index contributed by atoms with van der Waals surface area (Å²) in [6.45, 7) is 7.09.